The number of aliphatic imine (C=N–C) groups is 1. The predicted octanol–water partition coefficient (Wildman–Crippen LogP) is 3.21. The van der Waals surface area contributed by atoms with E-state index in [-0.39, 0.29) is 30.1 Å². The summed E-state index contributed by atoms with van der Waals surface area (Å²) in [5.41, 5.74) is 2.63. The van der Waals surface area contributed by atoms with Gasteiger partial charge in [0.2, 0.25) is 0 Å². The van der Waals surface area contributed by atoms with Crippen molar-refractivity contribution in [3.8, 4) is 0 Å². The molecule has 6 heteroatoms. The van der Waals surface area contributed by atoms with Crippen molar-refractivity contribution in [2.24, 2.45) is 4.99 Å². The van der Waals surface area contributed by atoms with Gasteiger partial charge in [0.1, 0.15) is 0 Å². The van der Waals surface area contributed by atoms with E-state index in [2.05, 4.69) is 46.3 Å². The molecule has 1 aromatic carbocycles. The molecule has 0 aliphatic carbocycles. The summed E-state index contributed by atoms with van der Waals surface area (Å²) in [5.74, 6) is 0.915. The highest BCUT2D eigenvalue weighted by Crippen LogP contribution is 2.15. The Morgan fingerprint density at radius 1 is 1.07 bits per heavy atom. The molecule has 2 saturated heterocycles. The largest absolute Gasteiger partial charge is 0.391 e. The predicted molar refractivity (Wildman–Crippen MR) is 123 cm³/mol. The maximum atomic E-state index is 9.76. The summed E-state index contributed by atoms with van der Waals surface area (Å²) < 4.78 is 0. The van der Waals surface area contributed by atoms with Crippen molar-refractivity contribution < 1.29 is 5.11 Å². The van der Waals surface area contributed by atoms with Gasteiger partial charge in [0.15, 0.2) is 5.96 Å². The maximum Gasteiger partial charge on any atom is 0.194 e. The number of nitrogens with one attached hydrogen (secondary N) is 1. The summed E-state index contributed by atoms with van der Waals surface area (Å²) in [6.07, 6.45) is 6.05. The highest BCUT2D eigenvalue weighted by molar-refractivity contribution is 14.0. The summed E-state index contributed by atoms with van der Waals surface area (Å²) >= 11 is 0. The first-order chi connectivity index (χ1) is 12.7. The average molecular weight is 486 g/mol. The second kappa shape index (κ2) is 11.9. The van der Waals surface area contributed by atoms with E-state index in [9.17, 15) is 5.11 Å². The monoisotopic (exact) mass is 486 g/mol. The second-order valence-corrected chi connectivity index (χ2v) is 7.57. The number of nitrogens with zero attached hydrogens (tertiary/aromatic N) is 3. The number of halogens is 1. The van der Waals surface area contributed by atoms with E-state index in [1.807, 2.05) is 0 Å². The quantitative estimate of drug-likeness (QED) is 0.382. The Hall–Kier alpha value is -0.860. The summed E-state index contributed by atoms with van der Waals surface area (Å²) in [5, 5.41) is 13.1. The SMILES string of the molecule is CCNC(=NCc1ccc(CN2CCCCCC2)cc1)N1CC[C@@H](O)C1.I. The van der Waals surface area contributed by atoms with E-state index in [1.165, 1.54) is 49.9 Å². The number of β-amino-alcohol motifs (C(OH)–C–C–N with tert-alkyl or cyclic N) is 1. The zero-order valence-corrected chi connectivity index (χ0v) is 18.9. The van der Waals surface area contributed by atoms with Crippen LogP contribution >= 0.6 is 24.0 Å². The number of guanidine groups is 1. The van der Waals surface area contributed by atoms with Crippen LogP contribution in [0.5, 0.6) is 0 Å². The van der Waals surface area contributed by atoms with Crippen LogP contribution in [0, 0.1) is 0 Å². The molecule has 0 bridgehead atoms. The van der Waals surface area contributed by atoms with Crippen molar-refractivity contribution in [3.63, 3.8) is 0 Å². The van der Waals surface area contributed by atoms with Crippen LogP contribution in [0.25, 0.3) is 0 Å². The van der Waals surface area contributed by atoms with Gasteiger partial charge in [-0.2, -0.15) is 0 Å². The molecule has 27 heavy (non-hydrogen) atoms. The lowest BCUT2D eigenvalue weighted by Gasteiger charge is -2.21. The first-order valence-electron chi connectivity index (χ1n) is 10.3. The van der Waals surface area contributed by atoms with Gasteiger partial charge in [0.05, 0.1) is 12.6 Å². The van der Waals surface area contributed by atoms with Gasteiger partial charge in [-0.1, -0.05) is 37.1 Å². The van der Waals surface area contributed by atoms with Crippen molar-refractivity contribution in [1.29, 1.82) is 0 Å². The molecule has 0 saturated carbocycles. The van der Waals surface area contributed by atoms with Crippen LogP contribution in [-0.4, -0.2) is 59.7 Å². The van der Waals surface area contributed by atoms with Crippen LogP contribution in [0.2, 0.25) is 0 Å². The molecule has 0 spiro atoms. The smallest absolute Gasteiger partial charge is 0.194 e. The van der Waals surface area contributed by atoms with E-state index in [0.29, 0.717) is 13.1 Å². The Morgan fingerprint density at radius 2 is 1.74 bits per heavy atom. The van der Waals surface area contributed by atoms with Gasteiger partial charge < -0.3 is 15.3 Å². The van der Waals surface area contributed by atoms with E-state index >= 15 is 0 Å². The highest BCUT2D eigenvalue weighted by atomic mass is 127. The minimum absolute atomic E-state index is 0. The number of benzene rings is 1. The molecule has 0 aromatic heterocycles. The molecule has 2 aliphatic rings. The van der Waals surface area contributed by atoms with Crippen LogP contribution in [-0.2, 0) is 13.1 Å². The summed E-state index contributed by atoms with van der Waals surface area (Å²) in [6, 6.07) is 8.92. The van der Waals surface area contributed by atoms with Crippen molar-refractivity contribution >= 4 is 29.9 Å². The number of likely N-dealkylation sites (tertiary alicyclic amines) is 2. The van der Waals surface area contributed by atoms with Crippen LogP contribution in [0.15, 0.2) is 29.3 Å². The fourth-order valence-corrected chi connectivity index (χ4v) is 3.83. The normalized spacial score (nSPS) is 21.6. The molecule has 2 heterocycles. The van der Waals surface area contributed by atoms with Crippen molar-refractivity contribution in [2.45, 2.75) is 58.2 Å². The average Bonchev–Trinajstić information content (AvgIpc) is 2.92. The van der Waals surface area contributed by atoms with Gasteiger partial charge in [-0.15, -0.1) is 24.0 Å². The molecular formula is C21H35IN4O. The van der Waals surface area contributed by atoms with Crippen LogP contribution in [0.3, 0.4) is 0 Å². The molecule has 0 radical (unpaired) electrons. The Balaban J connectivity index is 0.00000261. The van der Waals surface area contributed by atoms with Gasteiger partial charge in [-0.3, -0.25) is 4.90 Å². The molecule has 1 aromatic rings. The highest BCUT2D eigenvalue weighted by Gasteiger charge is 2.22. The van der Waals surface area contributed by atoms with Gasteiger partial charge in [0.25, 0.3) is 0 Å². The molecule has 5 nitrogen and oxygen atoms in total. The molecule has 1 atom stereocenters. The fraction of sp³-hybridized carbons (Fsp3) is 0.667. The lowest BCUT2D eigenvalue weighted by atomic mass is 10.1. The summed E-state index contributed by atoms with van der Waals surface area (Å²) in [4.78, 5) is 9.51. The Labute approximate surface area is 181 Å². The van der Waals surface area contributed by atoms with Crippen molar-refractivity contribution in [1.82, 2.24) is 15.1 Å². The topological polar surface area (TPSA) is 51.1 Å². The fourth-order valence-electron chi connectivity index (χ4n) is 3.83. The molecule has 2 aliphatic heterocycles. The number of hydrogen-bond acceptors (Lipinski definition) is 3. The molecule has 2 N–H and O–H groups in total. The van der Waals surface area contributed by atoms with E-state index in [0.717, 1.165) is 32.0 Å². The van der Waals surface area contributed by atoms with Gasteiger partial charge >= 0.3 is 0 Å². The van der Waals surface area contributed by atoms with E-state index < -0.39 is 0 Å². The first kappa shape index (κ1) is 22.4. The lowest BCUT2D eigenvalue weighted by molar-refractivity contribution is 0.188. The maximum absolute atomic E-state index is 9.76. The number of aliphatic hydroxyl groups is 1. The van der Waals surface area contributed by atoms with Gasteiger partial charge in [-0.25, -0.2) is 4.99 Å². The molecule has 152 valence electrons. The third-order valence-electron chi connectivity index (χ3n) is 5.34. The van der Waals surface area contributed by atoms with E-state index in [4.69, 9.17) is 4.99 Å². The number of hydrogen-bond donors (Lipinski definition) is 2. The zero-order chi connectivity index (χ0) is 18.2. The third-order valence-corrected chi connectivity index (χ3v) is 5.34. The zero-order valence-electron chi connectivity index (χ0n) is 16.6. The van der Waals surface area contributed by atoms with Crippen LogP contribution < -0.4 is 5.32 Å². The van der Waals surface area contributed by atoms with Crippen molar-refractivity contribution in [3.05, 3.63) is 35.4 Å². The Bertz CT molecular complexity index is 570. The molecule has 3 rings (SSSR count). The van der Waals surface area contributed by atoms with Crippen molar-refractivity contribution in [2.75, 3.05) is 32.7 Å². The minimum atomic E-state index is -0.225. The first-order valence-corrected chi connectivity index (χ1v) is 10.3. The minimum Gasteiger partial charge on any atom is -0.391 e. The molecule has 0 unspecified atom stereocenters. The second-order valence-electron chi connectivity index (χ2n) is 7.57. The Morgan fingerprint density at radius 3 is 2.33 bits per heavy atom. The van der Waals surface area contributed by atoms with Gasteiger partial charge in [0, 0.05) is 26.2 Å². The Kier molecular flexibility index (Phi) is 9.86. The van der Waals surface area contributed by atoms with Crippen LogP contribution in [0.4, 0.5) is 0 Å². The molecule has 2 fully saturated rings. The molecule has 0 amide bonds. The standard InChI is InChI=1S/C21H34N4O.HI/c1-2-22-21(25-14-11-20(26)17-25)23-15-18-7-9-19(10-8-18)16-24-12-5-3-4-6-13-24;/h7-10,20,26H,2-6,11-17H2,1H3,(H,22,23);1H/t20-;/m1./s1. The summed E-state index contributed by atoms with van der Waals surface area (Å²) in [6.45, 7) is 8.71. The van der Waals surface area contributed by atoms with Gasteiger partial charge in [-0.05, 0) is 50.4 Å². The molecular weight excluding hydrogens is 451 g/mol. The van der Waals surface area contributed by atoms with E-state index in [1.54, 1.807) is 0 Å². The summed E-state index contributed by atoms with van der Waals surface area (Å²) in [7, 11) is 0. The third kappa shape index (κ3) is 7.23. The lowest BCUT2D eigenvalue weighted by Crippen LogP contribution is -2.40. The van der Waals surface area contributed by atoms with Crippen LogP contribution in [0.1, 0.15) is 50.2 Å². The number of aliphatic hydroxyl groups excluding tert-OH is 1. The number of rotatable bonds is 5.